The number of carbonyl (C=O) groups excluding carboxylic acids is 1. The molecule has 1 saturated heterocycles. The van der Waals surface area contributed by atoms with Crippen molar-refractivity contribution < 1.29 is 23.1 Å². The summed E-state index contributed by atoms with van der Waals surface area (Å²) < 4.78 is 29.2. The number of aromatic nitrogens is 1. The van der Waals surface area contributed by atoms with E-state index >= 15 is 0 Å². The lowest BCUT2D eigenvalue weighted by molar-refractivity contribution is 0.0123. The fraction of sp³-hybridized carbons (Fsp3) is 0.583. The minimum atomic E-state index is -3.86. The molecule has 0 atom stereocenters. The van der Waals surface area contributed by atoms with E-state index in [1.54, 1.807) is 7.05 Å². The minimum absolute atomic E-state index is 0.125. The zero-order valence-electron chi connectivity index (χ0n) is 11.7. The predicted molar refractivity (Wildman–Crippen MR) is 74.1 cm³/mol. The number of amides is 1. The number of sulfonamides is 1. The van der Waals surface area contributed by atoms with Crippen LogP contribution in [0.1, 0.15) is 23.3 Å². The van der Waals surface area contributed by atoms with Gasteiger partial charge < -0.3 is 19.7 Å². The van der Waals surface area contributed by atoms with Crippen molar-refractivity contribution in [1.29, 1.82) is 0 Å². The summed E-state index contributed by atoms with van der Waals surface area (Å²) in [6.07, 6.45) is 2.28. The van der Waals surface area contributed by atoms with Gasteiger partial charge in [-0.1, -0.05) is 0 Å². The molecule has 118 valence electrons. The van der Waals surface area contributed by atoms with Crippen molar-refractivity contribution in [2.45, 2.75) is 23.3 Å². The van der Waals surface area contributed by atoms with Crippen molar-refractivity contribution in [2.24, 2.45) is 12.2 Å². The molecule has 2 rings (SSSR count). The molecular weight excluding hydrogens is 298 g/mol. The van der Waals surface area contributed by atoms with Crippen LogP contribution in [-0.2, 0) is 21.8 Å². The smallest absolute Gasteiger partial charge is 0.268 e. The number of aliphatic hydroxyl groups excluding tert-OH is 1. The fourth-order valence-electron chi connectivity index (χ4n) is 2.31. The van der Waals surface area contributed by atoms with Gasteiger partial charge in [-0.25, -0.2) is 13.6 Å². The molecule has 1 aliphatic rings. The Labute approximate surface area is 122 Å². The molecule has 0 bridgehead atoms. The second-order valence-electron chi connectivity index (χ2n) is 5.22. The zero-order chi connectivity index (χ0) is 15.7. The lowest BCUT2D eigenvalue weighted by Crippen LogP contribution is -2.54. The van der Waals surface area contributed by atoms with Crippen LogP contribution in [0.3, 0.4) is 0 Å². The van der Waals surface area contributed by atoms with Crippen LogP contribution < -0.4 is 10.5 Å². The number of hydrogen-bond donors (Lipinski definition) is 3. The van der Waals surface area contributed by atoms with Gasteiger partial charge in [0.1, 0.15) is 10.6 Å². The molecule has 0 saturated carbocycles. The van der Waals surface area contributed by atoms with Crippen LogP contribution in [0.2, 0.25) is 0 Å². The van der Waals surface area contributed by atoms with E-state index in [-0.39, 0.29) is 17.2 Å². The summed E-state index contributed by atoms with van der Waals surface area (Å²) in [4.78, 5) is 12.2. The van der Waals surface area contributed by atoms with Gasteiger partial charge in [-0.15, -0.1) is 0 Å². The molecule has 1 aliphatic heterocycles. The zero-order valence-corrected chi connectivity index (χ0v) is 12.5. The molecule has 21 heavy (non-hydrogen) atoms. The second kappa shape index (κ2) is 5.76. The molecule has 0 radical (unpaired) electrons. The van der Waals surface area contributed by atoms with Crippen LogP contribution in [-0.4, -0.2) is 49.4 Å². The highest BCUT2D eigenvalue weighted by atomic mass is 32.2. The average molecular weight is 317 g/mol. The first kappa shape index (κ1) is 16.0. The number of nitrogens with one attached hydrogen (secondary N) is 1. The molecule has 1 aromatic heterocycles. The van der Waals surface area contributed by atoms with Crippen LogP contribution in [0.15, 0.2) is 17.2 Å². The number of ether oxygens (including phenoxy) is 1. The molecule has 8 nitrogen and oxygen atoms in total. The number of carbonyl (C=O) groups is 1. The van der Waals surface area contributed by atoms with Crippen molar-refractivity contribution in [1.82, 2.24) is 9.88 Å². The molecule has 0 aliphatic carbocycles. The summed E-state index contributed by atoms with van der Waals surface area (Å²) in [5, 5.41) is 17.4. The van der Waals surface area contributed by atoms with Crippen molar-refractivity contribution in [3.8, 4) is 0 Å². The third-order valence-corrected chi connectivity index (χ3v) is 4.55. The summed E-state index contributed by atoms with van der Waals surface area (Å²) in [5.74, 6) is -0.455. The molecule has 2 heterocycles. The number of nitrogens with zero attached hydrogens (tertiary/aromatic N) is 1. The summed E-state index contributed by atoms with van der Waals surface area (Å²) in [6.45, 7) is 0.710. The van der Waals surface area contributed by atoms with E-state index in [9.17, 15) is 18.3 Å². The molecule has 0 aromatic carbocycles. The highest BCUT2D eigenvalue weighted by Gasteiger charge is 2.34. The van der Waals surface area contributed by atoms with Crippen LogP contribution >= 0.6 is 0 Å². The lowest BCUT2D eigenvalue weighted by atomic mass is 9.91. The van der Waals surface area contributed by atoms with E-state index < -0.39 is 21.5 Å². The van der Waals surface area contributed by atoms with Gasteiger partial charge in [-0.05, 0) is 18.9 Å². The van der Waals surface area contributed by atoms with Gasteiger partial charge >= 0.3 is 0 Å². The van der Waals surface area contributed by atoms with Crippen LogP contribution in [0.4, 0.5) is 0 Å². The Morgan fingerprint density at radius 1 is 1.52 bits per heavy atom. The van der Waals surface area contributed by atoms with Gasteiger partial charge in [-0.2, -0.15) is 0 Å². The molecule has 0 spiro atoms. The topological polar surface area (TPSA) is 124 Å². The summed E-state index contributed by atoms with van der Waals surface area (Å²) in [6, 6.07) is 1.22. The maximum Gasteiger partial charge on any atom is 0.268 e. The lowest BCUT2D eigenvalue weighted by Gasteiger charge is -2.36. The van der Waals surface area contributed by atoms with Crippen molar-refractivity contribution >= 4 is 15.9 Å². The van der Waals surface area contributed by atoms with E-state index in [0.29, 0.717) is 26.1 Å². The van der Waals surface area contributed by atoms with Gasteiger partial charge in [0.25, 0.3) is 5.91 Å². The molecular formula is C12H19N3O5S. The first-order chi connectivity index (χ1) is 9.77. The Bertz CT molecular complexity index is 631. The SMILES string of the molecule is Cn1cc(S(N)(=O)=O)cc1C(=O)NC1(CO)CCOCC1. The quantitative estimate of drug-likeness (QED) is 0.653. The first-order valence-corrected chi connectivity index (χ1v) is 8.02. The number of aryl methyl sites for hydroxylation is 1. The Hall–Kier alpha value is -1.42. The van der Waals surface area contributed by atoms with Gasteiger partial charge in [-0.3, -0.25) is 4.79 Å². The molecule has 0 unspecified atom stereocenters. The number of primary sulfonamides is 1. The van der Waals surface area contributed by atoms with Crippen molar-refractivity contribution in [3.05, 3.63) is 18.0 Å². The maximum atomic E-state index is 12.3. The van der Waals surface area contributed by atoms with E-state index in [2.05, 4.69) is 5.32 Å². The van der Waals surface area contributed by atoms with Crippen LogP contribution in [0.25, 0.3) is 0 Å². The number of rotatable bonds is 4. The standard InChI is InChI=1S/C12H19N3O5S/c1-15-7-9(21(13,18)19)6-10(15)11(17)14-12(8-16)2-4-20-5-3-12/h6-7,16H,2-5,8H2,1H3,(H,14,17)(H2,13,18,19). The largest absolute Gasteiger partial charge is 0.394 e. The highest BCUT2D eigenvalue weighted by Crippen LogP contribution is 2.21. The van der Waals surface area contributed by atoms with Crippen molar-refractivity contribution in [3.63, 3.8) is 0 Å². The molecule has 9 heteroatoms. The van der Waals surface area contributed by atoms with Gasteiger partial charge in [0, 0.05) is 26.5 Å². The summed E-state index contributed by atoms with van der Waals surface area (Å²) >= 11 is 0. The third-order valence-electron chi connectivity index (χ3n) is 3.67. The monoisotopic (exact) mass is 317 g/mol. The number of aliphatic hydroxyl groups is 1. The number of nitrogens with two attached hydrogens (primary N) is 1. The van der Waals surface area contributed by atoms with Gasteiger partial charge in [0.05, 0.1) is 12.1 Å². The van der Waals surface area contributed by atoms with Crippen LogP contribution in [0, 0.1) is 0 Å². The Morgan fingerprint density at radius 2 is 2.14 bits per heavy atom. The average Bonchev–Trinajstić information content (AvgIpc) is 2.82. The molecule has 1 fully saturated rings. The predicted octanol–water partition coefficient (Wildman–Crippen LogP) is -1.06. The highest BCUT2D eigenvalue weighted by molar-refractivity contribution is 7.89. The summed E-state index contributed by atoms with van der Waals surface area (Å²) in [5.41, 5.74) is -0.570. The van der Waals surface area contributed by atoms with Gasteiger partial charge in [0.15, 0.2) is 0 Å². The normalized spacial score (nSPS) is 18.4. The van der Waals surface area contributed by atoms with Gasteiger partial charge in [0.2, 0.25) is 10.0 Å². The van der Waals surface area contributed by atoms with E-state index in [4.69, 9.17) is 9.88 Å². The van der Waals surface area contributed by atoms with E-state index in [1.165, 1.54) is 16.8 Å². The first-order valence-electron chi connectivity index (χ1n) is 6.48. The van der Waals surface area contributed by atoms with Crippen LogP contribution in [0.5, 0.6) is 0 Å². The Morgan fingerprint density at radius 3 is 2.62 bits per heavy atom. The molecule has 1 amide bonds. The van der Waals surface area contributed by atoms with E-state index in [0.717, 1.165) is 0 Å². The summed E-state index contributed by atoms with van der Waals surface area (Å²) in [7, 11) is -2.31. The van der Waals surface area contributed by atoms with Crippen molar-refractivity contribution in [2.75, 3.05) is 19.8 Å². The van der Waals surface area contributed by atoms with E-state index in [1.807, 2.05) is 0 Å². The third kappa shape index (κ3) is 3.43. The number of hydrogen-bond acceptors (Lipinski definition) is 5. The maximum absolute atomic E-state index is 12.3. The fourth-order valence-corrected chi connectivity index (χ4v) is 2.89. The minimum Gasteiger partial charge on any atom is -0.394 e. The second-order valence-corrected chi connectivity index (χ2v) is 6.78. The molecule has 1 aromatic rings. The Kier molecular flexibility index (Phi) is 4.38. The Balaban J connectivity index is 2.22. The molecule has 4 N–H and O–H groups in total.